The number of anilines is 1. The summed E-state index contributed by atoms with van der Waals surface area (Å²) in [6.45, 7) is 7.30. The van der Waals surface area contributed by atoms with Crippen LogP contribution in [0.25, 0.3) is 0 Å². The van der Waals surface area contributed by atoms with Gasteiger partial charge >= 0.3 is 0 Å². The summed E-state index contributed by atoms with van der Waals surface area (Å²) in [7, 11) is 0. The van der Waals surface area contributed by atoms with Gasteiger partial charge < -0.3 is 9.64 Å². The maximum absolute atomic E-state index is 6.09. The first kappa shape index (κ1) is 14.0. The lowest BCUT2D eigenvalue weighted by molar-refractivity contribution is 0.128. The summed E-state index contributed by atoms with van der Waals surface area (Å²) < 4.78 is 5.36. The topological polar surface area (TPSA) is 41.5 Å². The second-order valence-corrected chi connectivity index (χ2v) is 5.74. The monoisotopic (exact) mass is 296 g/mol. The number of nitrogens with zero attached hydrogens (tertiary/aromatic N) is 4. The number of hydrogen-bond acceptors (Lipinski definition) is 5. The molecule has 1 saturated carbocycles. The van der Waals surface area contributed by atoms with Gasteiger partial charge in [0.15, 0.2) is 5.82 Å². The highest BCUT2D eigenvalue weighted by molar-refractivity contribution is 6.29. The van der Waals surface area contributed by atoms with E-state index >= 15 is 0 Å². The van der Waals surface area contributed by atoms with Crippen molar-refractivity contribution in [3.63, 3.8) is 0 Å². The minimum Gasteiger partial charge on any atom is -0.374 e. The van der Waals surface area contributed by atoms with Crippen molar-refractivity contribution in [1.29, 1.82) is 0 Å². The van der Waals surface area contributed by atoms with E-state index < -0.39 is 0 Å². The number of aromatic nitrogens is 2. The number of halogens is 1. The molecule has 2 heterocycles. The first-order valence-electron chi connectivity index (χ1n) is 7.36. The fraction of sp³-hybridized carbons (Fsp3) is 0.714. The predicted molar refractivity (Wildman–Crippen MR) is 79.2 cm³/mol. The smallest absolute Gasteiger partial charge is 0.158 e. The summed E-state index contributed by atoms with van der Waals surface area (Å²) >= 11 is 6.09. The van der Waals surface area contributed by atoms with Crippen molar-refractivity contribution >= 4 is 17.4 Å². The Hall–Kier alpha value is -0.910. The predicted octanol–water partition coefficient (Wildman–Crippen LogP) is 1.95. The number of rotatable bonds is 5. The van der Waals surface area contributed by atoms with E-state index in [0.29, 0.717) is 24.2 Å². The molecule has 1 saturated heterocycles. The zero-order chi connectivity index (χ0) is 13.9. The van der Waals surface area contributed by atoms with Crippen LogP contribution in [-0.4, -0.2) is 53.7 Å². The molecule has 1 aromatic heterocycles. The quantitative estimate of drug-likeness (QED) is 0.777. The molecular formula is C14H21ClN4O. The van der Waals surface area contributed by atoms with Crippen LogP contribution in [-0.2, 0) is 11.3 Å². The molecule has 6 heteroatoms. The Labute approximate surface area is 124 Å². The number of ether oxygens (including phenoxy) is 1. The standard InChI is InChI=1S/C14H21ClN4O/c1-2-20-10-13-16-12(15)9-14(17-13)19-7-5-18(6-8-19)11-3-4-11/h9,11H,2-8,10H2,1H3. The summed E-state index contributed by atoms with van der Waals surface area (Å²) in [5.41, 5.74) is 0. The lowest BCUT2D eigenvalue weighted by atomic mass is 10.3. The minimum absolute atomic E-state index is 0.423. The Morgan fingerprint density at radius 2 is 2.00 bits per heavy atom. The largest absolute Gasteiger partial charge is 0.374 e. The summed E-state index contributed by atoms with van der Waals surface area (Å²) in [5, 5.41) is 0.495. The van der Waals surface area contributed by atoms with Gasteiger partial charge in [-0.3, -0.25) is 4.90 Å². The second-order valence-electron chi connectivity index (χ2n) is 5.36. The van der Waals surface area contributed by atoms with Crippen LogP contribution in [0.1, 0.15) is 25.6 Å². The van der Waals surface area contributed by atoms with Crippen LogP contribution in [0.4, 0.5) is 5.82 Å². The highest BCUT2D eigenvalue weighted by Crippen LogP contribution is 2.28. The average Bonchev–Trinajstić information content (AvgIpc) is 3.29. The lowest BCUT2D eigenvalue weighted by Crippen LogP contribution is -2.47. The molecule has 110 valence electrons. The van der Waals surface area contributed by atoms with Crippen LogP contribution < -0.4 is 4.90 Å². The third kappa shape index (κ3) is 3.40. The molecule has 0 bridgehead atoms. The van der Waals surface area contributed by atoms with Crippen molar-refractivity contribution in [3.8, 4) is 0 Å². The van der Waals surface area contributed by atoms with E-state index in [1.54, 1.807) is 0 Å². The van der Waals surface area contributed by atoms with Crippen LogP contribution in [0, 0.1) is 0 Å². The summed E-state index contributed by atoms with van der Waals surface area (Å²) in [6.07, 6.45) is 2.75. The van der Waals surface area contributed by atoms with Gasteiger partial charge in [0.25, 0.3) is 0 Å². The van der Waals surface area contributed by atoms with Gasteiger partial charge in [0, 0.05) is 44.9 Å². The second kappa shape index (κ2) is 6.24. The zero-order valence-corrected chi connectivity index (χ0v) is 12.6. The Morgan fingerprint density at radius 3 is 2.65 bits per heavy atom. The molecule has 0 unspecified atom stereocenters. The van der Waals surface area contributed by atoms with Crippen molar-refractivity contribution in [2.24, 2.45) is 0 Å². The van der Waals surface area contributed by atoms with Crippen LogP contribution >= 0.6 is 11.6 Å². The van der Waals surface area contributed by atoms with E-state index in [4.69, 9.17) is 16.3 Å². The molecular weight excluding hydrogens is 276 g/mol. The molecule has 5 nitrogen and oxygen atoms in total. The first-order chi connectivity index (χ1) is 9.76. The lowest BCUT2D eigenvalue weighted by Gasteiger charge is -2.35. The van der Waals surface area contributed by atoms with Crippen molar-refractivity contribution in [2.75, 3.05) is 37.7 Å². The molecule has 3 rings (SSSR count). The summed E-state index contributed by atoms with van der Waals surface area (Å²) in [4.78, 5) is 13.7. The van der Waals surface area contributed by atoms with Crippen molar-refractivity contribution in [1.82, 2.24) is 14.9 Å². The Bertz CT molecular complexity index is 458. The Balaban J connectivity index is 1.65. The molecule has 1 aliphatic heterocycles. The van der Waals surface area contributed by atoms with Crippen molar-refractivity contribution < 1.29 is 4.74 Å². The highest BCUT2D eigenvalue weighted by atomic mass is 35.5. The molecule has 0 amide bonds. The fourth-order valence-corrected chi connectivity index (χ4v) is 2.82. The van der Waals surface area contributed by atoms with E-state index in [-0.39, 0.29) is 0 Å². The molecule has 2 aliphatic rings. The molecule has 0 spiro atoms. The van der Waals surface area contributed by atoms with Crippen molar-refractivity contribution in [2.45, 2.75) is 32.4 Å². The van der Waals surface area contributed by atoms with Crippen LogP contribution in [0.15, 0.2) is 6.07 Å². The van der Waals surface area contributed by atoms with Gasteiger partial charge in [-0.2, -0.15) is 0 Å². The number of piperazine rings is 1. The first-order valence-corrected chi connectivity index (χ1v) is 7.74. The third-order valence-corrected chi connectivity index (χ3v) is 4.06. The highest BCUT2D eigenvalue weighted by Gasteiger charge is 2.31. The third-order valence-electron chi connectivity index (χ3n) is 3.86. The van der Waals surface area contributed by atoms with Gasteiger partial charge in [-0.1, -0.05) is 11.6 Å². The molecule has 0 radical (unpaired) electrons. The van der Waals surface area contributed by atoms with Crippen LogP contribution in [0.5, 0.6) is 0 Å². The Kier molecular flexibility index (Phi) is 4.38. The molecule has 0 atom stereocenters. The normalized spacial score (nSPS) is 20.4. The maximum atomic E-state index is 6.09. The fourth-order valence-electron chi connectivity index (χ4n) is 2.63. The van der Waals surface area contributed by atoms with E-state index in [1.165, 1.54) is 12.8 Å². The number of hydrogen-bond donors (Lipinski definition) is 0. The van der Waals surface area contributed by atoms with Gasteiger partial charge in [-0.05, 0) is 19.8 Å². The van der Waals surface area contributed by atoms with Crippen LogP contribution in [0.2, 0.25) is 5.15 Å². The van der Waals surface area contributed by atoms with Crippen LogP contribution in [0.3, 0.4) is 0 Å². The molecule has 1 aromatic rings. The molecule has 2 fully saturated rings. The van der Waals surface area contributed by atoms with E-state index in [1.807, 2.05) is 13.0 Å². The van der Waals surface area contributed by atoms with Gasteiger partial charge in [0.2, 0.25) is 0 Å². The summed E-state index contributed by atoms with van der Waals surface area (Å²) in [5.74, 6) is 1.59. The SMILES string of the molecule is CCOCc1nc(Cl)cc(N2CCN(C3CC3)CC2)n1. The summed E-state index contributed by atoms with van der Waals surface area (Å²) in [6, 6.07) is 2.70. The molecule has 1 aliphatic carbocycles. The Morgan fingerprint density at radius 1 is 1.25 bits per heavy atom. The van der Waals surface area contributed by atoms with E-state index in [0.717, 1.165) is 38.0 Å². The van der Waals surface area contributed by atoms with Gasteiger partial charge in [-0.15, -0.1) is 0 Å². The molecule has 20 heavy (non-hydrogen) atoms. The molecule has 0 aromatic carbocycles. The van der Waals surface area contributed by atoms with E-state index in [2.05, 4.69) is 19.8 Å². The maximum Gasteiger partial charge on any atom is 0.158 e. The van der Waals surface area contributed by atoms with Gasteiger partial charge in [-0.25, -0.2) is 9.97 Å². The van der Waals surface area contributed by atoms with E-state index in [9.17, 15) is 0 Å². The average molecular weight is 297 g/mol. The zero-order valence-electron chi connectivity index (χ0n) is 11.9. The van der Waals surface area contributed by atoms with Gasteiger partial charge in [0.05, 0.1) is 0 Å². The van der Waals surface area contributed by atoms with Crippen molar-refractivity contribution in [3.05, 3.63) is 17.0 Å². The van der Waals surface area contributed by atoms with Gasteiger partial charge in [0.1, 0.15) is 17.6 Å². The minimum atomic E-state index is 0.423. The molecule has 0 N–H and O–H groups in total.